The van der Waals surface area contributed by atoms with Crippen LogP contribution in [0, 0.1) is 5.41 Å². The van der Waals surface area contributed by atoms with Crippen LogP contribution >= 0.6 is 0 Å². The molecule has 0 aliphatic rings. The lowest BCUT2D eigenvalue weighted by molar-refractivity contribution is -0.123. The van der Waals surface area contributed by atoms with Crippen LogP contribution in [0.3, 0.4) is 0 Å². The third-order valence-electron chi connectivity index (χ3n) is 3.88. The second-order valence-corrected chi connectivity index (χ2v) is 10.5. The maximum Gasteiger partial charge on any atom is 0.0652 e. The predicted octanol–water partition coefficient (Wildman–Crippen LogP) is 6.00. The van der Waals surface area contributed by atoms with Crippen molar-refractivity contribution >= 4 is 0 Å². The highest BCUT2D eigenvalue weighted by atomic mass is 16.5. The van der Waals surface area contributed by atoms with Crippen molar-refractivity contribution in [3.8, 4) is 0 Å². The van der Waals surface area contributed by atoms with Crippen molar-refractivity contribution in [3.05, 3.63) is 0 Å². The van der Waals surface area contributed by atoms with E-state index in [9.17, 15) is 0 Å². The fourth-order valence-corrected chi connectivity index (χ4v) is 2.63. The third kappa shape index (κ3) is 14.2. The standard InChI is InChI=1S/C21H44O3/c1-17(16-21(10,11)23-14-12-18(2,3)4)24-20(8,9)13-15-22-19(5,6)7/h17H,12-16H2,1-11H3. The van der Waals surface area contributed by atoms with Crippen molar-refractivity contribution in [1.82, 2.24) is 0 Å². The van der Waals surface area contributed by atoms with Crippen molar-refractivity contribution in [2.24, 2.45) is 5.41 Å². The van der Waals surface area contributed by atoms with Gasteiger partial charge in [-0.25, -0.2) is 0 Å². The van der Waals surface area contributed by atoms with E-state index in [0.29, 0.717) is 12.0 Å². The fraction of sp³-hybridized carbons (Fsp3) is 1.00. The van der Waals surface area contributed by atoms with Crippen LogP contribution in [0.25, 0.3) is 0 Å². The molecular formula is C21H44O3. The Hall–Kier alpha value is -0.120. The van der Waals surface area contributed by atoms with E-state index < -0.39 is 0 Å². The molecule has 0 N–H and O–H groups in total. The van der Waals surface area contributed by atoms with Gasteiger partial charge in [0.1, 0.15) is 0 Å². The smallest absolute Gasteiger partial charge is 0.0652 e. The average molecular weight is 345 g/mol. The van der Waals surface area contributed by atoms with Crippen LogP contribution in [0.2, 0.25) is 0 Å². The van der Waals surface area contributed by atoms with Crippen molar-refractivity contribution < 1.29 is 14.2 Å². The molecule has 0 aliphatic heterocycles. The van der Waals surface area contributed by atoms with Gasteiger partial charge in [0, 0.05) is 19.6 Å². The van der Waals surface area contributed by atoms with Gasteiger partial charge in [-0.2, -0.15) is 0 Å². The van der Waals surface area contributed by atoms with E-state index in [4.69, 9.17) is 14.2 Å². The number of rotatable bonds is 10. The molecule has 0 amide bonds. The summed E-state index contributed by atoms with van der Waals surface area (Å²) in [6.45, 7) is 25.2. The van der Waals surface area contributed by atoms with Gasteiger partial charge in [0.05, 0.1) is 22.9 Å². The highest BCUT2D eigenvalue weighted by Gasteiger charge is 2.28. The molecule has 0 aromatic heterocycles. The molecule has 0 saturated heterocycles. The monoisotopic (exact) mass is 344 g/mol. The molecule has 0 bridgehead atoms. The molecule has 0 saturated carbocycles. The van der Waals surface area contributed by atoms with Crippen LogP contribution in [-0.4, -0.2) is 36.1 Å². The Labute approximate surface area is 151 Å². The van der Waals surface area contributed by atoms with Crippen LogP contribution in [0.5, 0.6) is 0 Å². The summed E-state index contributed by atoms with van der Waals surface area (Å²) in [5.41, 5.74) is -0.132. The quantitative estimate of drug-likeness (QED) is 0.486. The van der Waals surface area contributed by atoms with E-state index in [2.05, 4.69) is 76.2 Å². The highest BCUT2D eigenvalue weighted by Crippen LogP contribution is 2.26. The summed E-state index contributed by atoms with van der Waals surface area (Å²) in [5.74, 6) is 0. The molecule has 146 valence electrons. The van der Waals surface area contributed by atoms with Gasteiger partial charge in [-0.05, 0) is 73.6 Å². The third-order valence-corrected chi connectivity index (χ3v) is 3.88. The Balaban J connectivity index is 4.26. The minimum absolute atomic E-state index is 0.0927. The first-order valence-electron chi connectivity index (χ1n) is 9.47. The van der Waals surface area contributed by atoms with Crippen LogP contribution < -0.4 is 0 Å². The van der Waals surface area contributed by atoms with Crippen LogP contribution in [0.1, 0.15) is 95.4 Å². The lowest BCUT2D eigenvalue weighted by Gasteiger charge is -2.35. The summed E-state index contributed by atoms with van der Waals surface area (Å²) >= 11 is 0. The van der Waals surface area contributed by atoms with Crippen molar-refractivity contribution in [3.63, 3.8) is 0 Å². The average Bonchev–Trinajstić information content (AvgIpc) is 2.21. The maximum absolute atomic E-state index is 6.28. The van der Waals surface area contributed by atoms with Crippen molar-refractivity contribution in [1.29, 1.82) is 0 Å². The Morgan fingerprint density at radius 2 is 1.17 bits per heavy atom. The number of hydrogen-bond acceptors (Lipinski definition) is 3. The van der Waals surface area contributed by atoms with Crippen LogP contribution in [0.4, 0.5) is 0 Å². The lowest BCUT2D eigenvalue weighted by atomic mass is 9.92. The molecule has 0 aliphatic carbocycles. The Morgan fingerprint density at radius 3 is 1.62 bits per heavy atom. The lowest BCUT2D eigenvalue weighted by Crippen LogP contribution is -2.37. The Morgan fingerprint density at radius 1 is 0.667 bits per heavy atom. The largest absolute Gasteiger partial charge is 0.376 e. The molecule has 0 aromatic rings. The van der Waals surface area contributed by atoms with E-state index in [1.54, 1.807) is 0 Å². The second kappa shape index (κ2) is 9.00. The van der Waals surface area contributed by atoms with Gasteiger partial charge >= 0.3 is 0 Å². The molecule has 0 aromatic carbocycles. The van der Waals surface area contributed by atoms with Crippen molar-refractivity contribution in [2.75, 3.05) is 13.2 Å². The zero-order valence-electron chi connectivity index (χ0n) is 18.3. The molecule has 1 atom stereocenters. The zero-order chi connectivity index (χ0) is 19.2. The molecule has 1 unspecified atom stereocenters. The Kier molecular flexibility index (Phi) is 8.96. The summed E-state index contributed by atoms with van der Waals surface area (Å²) < 4.78 is 18.2. The SMILES string of the molecule is CC(CC(C)(C)OCCC(C)(C)C)OC(C)(C)CCOC(C)(C)C. The van der Waals surface area contributed by atoms with E-state index in [-0.39, 0.29) is 22.9 Å². The van der Waals surface area contributed by atoms with Gasteiger partial charge in [0.15, 0.2) is 0 Å². The predicted molar refractivity (Wildman–Crippen MR) is 104 cm³/mol. The van der Waals surface area contributed by atoms with Crippen LogP contribution in [-0.2, 0) is 14.2 Å². The summed E-state index contributed by atoms with van der Waals surface area (Å²) in [7, 11) is 0. The van der Waals surface area contributed by atoms with E-state index in [1.165, 1.54) is 0 Å². The Bertz CT molecular complexity index is 311. The number of ether oxygens (including phenoxy) is 3. The van der Waals surface area contributed by atoms with E-state index in [1.807, 2.05) is 0 Å². The van der Waals surface area contributed by atoms with Gasteiger partial charge in [0.25, 0.3) is 0 Å². The van der Waals surface area contributed by atoms with Gasteiger partial charge in [-0.15, -0.1) is 0 Å². The first-order chi connectivity index (χ1) is 10.5. The van der Waals surface area contributed by atoms with Crippen molar-refractivity contribution in [2.45, 2.75) is 118 Å². The normalized spacial score (nSPS) is 15.6. The molecule has 0 rings (SSSR count). The first-order valence-corrected chi connectivity index (χ1v) is 9.47. The van der Waals surface area contributed by atoms with Gasteiger partial charge in [-0.3, -0.25) is 0 Å². The molecular weight excluding hydrogens is 300 g/mol. The van der Waals surface area contributed by atoms with E-state index >= 15 is 0 Å². The first kappa shape index (κ1) is 23.9. The second-order valence-electron chi connectivity index (χ2n) is 10.5. The molecule has 0 fully saturated rings. The highest BCUT2D eigenvalue weighted by molar-refractivity contribution is 4.77. The van der Waals surface area contributed by atoms with E-state index in [0.717, 1.165) is 25.9 Å². The molecule has 24 heavy (non-hydrogen) atoms. The zero-order valence-corrected chi connectivity index (χ0v) is 18.3. The molecule has 3 nitrogen and oxygen atoms in total. The molecule has 0 radical (unpaired) electrons. The summed E-state index contributed by atoms with van der Waals surface area (Å²) in [6, 6.07) is 0. The fourth-order valence-electron chi connectivity index (χ4n) is 2.63. The van der Waals surface area contributed by atoms with Gasteiger partial charge in [0.2, 0.25) is 0 Å². The summed E-state index contributed by atoms with van der Waals surface area (Å²) in [5, 5.41) is 0. The minimum Gasteiger partial charge on any atom is -0.376 e. The van der Waals surface area contributed by atoms with Gasteiger partial charge in [-0.1, -0.05) is 20.8 Å². The topological polar surface area (TPSA) is 27.7 Å². The van der Waals surface area contributed by atoms with Gasteiger partial charge < -0.3 is 14.2 Å². The summed E-state index contributed by atoms with van der Waals surface area (Å²) in [4.78, 5) is 0. The maximum atomic E-state index is 6.28. The summed E-state index contributed by atoms with van der Waals surface area (Å²) in [6.07, 6.45) is 3.00. The van der Waals surface area contributed by atoms with Crippen LogP contribution in [0.15, 0.2) is 0 Å². The molecule has 3 heteroatoms. The molecule has 0 heterocycles. The number of hydrogen-bond donors (Lipinski definition) is 0. The minimum atomic E-state index is -0.188. The molecule has 0 spiro atoms.